The van der Waals surface area contributed by atoms with E-state index in [1.807, 2.05) is 54.6 Å². The Morgan fingerprint density at radius 3 is 2.62 bits per heavy atom. The van der Waals surface area contributed by atoms with E-state index in [1.54, 1.807) is 18.1 Å². The molecule has 0 aliphatic carbocycles. The zero-order chi connectivity index (χ0) is 15.1. The Labute approximate surface area is 125 Å². The van der Waals surface area contributed by atoms with E-state index in [4.69, 9.17) is 4.74 Å². The zero-order valence-corrected chi connectivity index (χ0v) is 12.2. The first-order chi connectivity index (χ1) is 10.2. The van der Waals surface area contributed by atoms with Gasteiger partial charge < -0.3 is 9.64 Å². The van der Waals surface area contributed by atoms with Crippen molar-refractivity contribution in [2.75, 3.05) is 18.6 Å². The molecule has 3 heteroatoms. The van der Waals surface area contributed by atoms with Gasteiger partial charge in [0.15, 0.2) is 0 Å². The highest BCUT2D eigenvalue weighted by molar-refractivity contribution is 5.95. The van der Waals surface area contributed by atoms with Crippen molar-refractivity contribution < 1.29 is 9.53 Å². The fraction of sp³-hybridized carbons (Fsp3) is 0.167. The molecule has 2 aromatic rings. The molecule has 0 aliphatic rings. The fourth-order valence-corrected chi connectivity index (χ4v) is 2.14. The molecule has 0 saturated heterocycles. The quantitative estimate of drug-likeness (QED) is 0.759. The van der Waals surface area contributed by atoms with Crippen LogP contribution in [0, 0.1) is 0 Å². The van der Waals surface area contributed by atoms with Gasteiger partial charge in [0.2, 0.25) is 5.91 Å². The van der Waals surface area contributed by atoms with Gasteiger partial charge in [-0.15, -0.1) is 6.58 Å². The number of anilines is 1. The third-order valence-electron chi connectivity index (χ3n) is 3.17. The smallest absolute Gasteiger partial charge is 0.231 e. The number of carbonyl (C=O) groups excluding carboxylic acids is 1. The maximum absolute atomic E-state index is 12.5. The van der Waals surface area contributed by atoms with E-state index in [2.05, 4.69) is 6.58 Å². The van der Waals surface area contributed by atoms with Gasteiger partial charge in [0.05, 0.1) is 13.5 Å². The van der Waals surface area contributed by atoms with Crippen LogP contribution in [0.1, 0.15) is 5.56 Å². The molecule has 0 aromatic heterocycles. The van der Waals surface area contributed by atoms with Crippen LogP contribution in [0.15, 0.2) is 67.3 Å². The topological polar surface area (TPSA) is 29.5 Å². The maximum atomic E-state index is 12.5. The van der Waals surface area contributed by atoms with Crippen molar-refractivity contribution in [3.05, 3.63) is 72.8 Å². The first-order valence-corrected chi connectivity index (χ1v) is 6.84. The lowest BCUT2D eigenvalue weighted by molar-refractivity contribution is -0.117. The largest absolute Gasteiger partial charge is 0.497 e. The molecule has 0 atom stereocenters. The summed E-state index contributed by atoms with van der Waals surface area (Å²) in [6, 6.07) is 17.2. The van der Waals surface area contributed by atoms with Crippen molar-refractivity contribution in [3.63, 3.8) is 0 Å². The molecule has 0 heterocycles. The number of carbonyl (C=O) groups is 1. The summed E-state index contributed by atoms with van der Waals surface area (Å²) < 4.78 is 5.19. The van der Waals surface area contributed by atoms with Crippen LogP contribution in [-0.2, 0) is 11.2 Å². The van der Waals surface area contributed by atoms with Crippen LogP contribution in [0.4, 0.5) is 5.69 Å². The normalized spacial score (nSPS) is 9.95. The van der Waals surface area contributed by atoms with Gasteiger partial charge in [-0.05, 0) is 29.8 Å². The van der Waals surface area contributed by atoms with Gasteiger partial charge in [-0.1, -0.05) is 36.4 Å². The van der Waals surface area contributed by atoms with E-state index in [9.17, 15) is 4.79 Å². The molecule has 3 nitrogen and oxygen atoms in total. The van der Waals surface area contributed by atoms with E-state index < -0.39 is 0 Å². The Kier molecular flexibility index (Phi) is 5.16. The summed E-state index contributed by atoms with van der Waals surface area (Å²) in [5.41, 5.74) is 1.81. The summed E-state index contributed by atoms with van der Waals surface area (Å²) in [6.45, 7) is 4.22. The van der Waals surface area contributed by atoms with Crippen LogP contribution in [0.5, 0.6) is 5.75 Å². The summed E-state index contributed by atoms with van der Waals surface area (Å²) in [5.74, 6) is 0.796. The first kappa shape index (κ1) is 14.9. The number of ether oxygens (including phenoxy) is 1. The van der Waals surface area contributed by atoms with Gasteiger partial charge >= 0.3 is 0 Å². The van der Waals surface area contributed by atoms with Crippen molar-refractivity contribution in [2.45, 2.75) is 6.42 Å². The third kappa shape index (κ3) is 3.96. The Bertz CT molecular complexity index is 608. The lowest BCUT2D eigenvalue weighted by atomic mass is 10.1. The summed E-state index contributed by atoms with van der Waals surface area (Å²) in [4.78, 5) is 14.3. The van der Waals surface area contributed by atoms with Crippen LogP contribution >= 0.6 is 0 Å². The Hall–Kier alpha value is -2.55. The summed E-state index contributed by atoms with van der Waals surface area (Å²) in [6.07, 6.45) is 2.07. The minimum atomic E-state index is 0.0364. The number of rotatable bonds is 6. The van der Waals surface area contributed by atoms with Crippen molar-refractivity contribution in [1.29, 1.82) is 0 Å². The van der Waals surface area contributed by atoms with Crippen molar-refractivity contribution in [2.24, 2.45) is 0 Å². The standard InChI is InChI=1S/C18H19NO2/c1-3-12-19(16-9-5-4-6-10-16)18(20)14-15-8-7-11-17(13-15)21-2/h3-11,13H,1,12,14H2,2H3. The molecule has 0 spiro atoms. The lowest BCUT2D eigenvalue weighted by Crippen LogP contribution is -2.32. The number of benzene rings is 2. The molecule has 0 saturated carbocycles. The highest BCUT2D eigenvalue weighted by atomic mass is 16.5. The highest BCUT2D eigenvalue weighted by Crippen LogP contribution is 2.17. The van der Waals surface area contributed by atoms with Gasteiger partial charge in [-0.25, -0.2) is 0 Å². The van der Waals surface area contributed by atoms with Gasteiger partial charge in [0.25, 0.3) is 0 Å². The molecular weight excluding hydrogens is 262 g/mol. The van der Waals surface area contributed by atoms with Crippen LogP contribution in [0.3, 0.4) is 0 Å². The first-order valence-electron chi connectivity index (χ1n) is 6.84. The third-order valence-corrected chi connectivity index (χ3v) is 3.17. The van der Waals surface area contributed by atoms with E-state index in [-0.39, 0.29) is 5.91 Å². The van der Waals surface area contributed by atoms with Gasteiger partial charge in [-0.2, -0.15) is 0 Å². The van der Waals surface area contributed by atoms with E-state index in [0.29, 0.717) is 13.0 Å². The molecule has 2 aromatic carbocycles. The van der Waals surface area contributed by atoms with E-state index >= 15 is 0 Å². The van der Waals surface area contributed by atoms with Crippen LogP contribution < -0.4 is 9.64 Å². The molecule has 108 valence electrons. The van der Waals surface area contributed by atoms with Crippen molar-refractivity contribution in [1.82, 2.24) is 0 Å². The number of hydrogen-bond acceptors (Lipinski definition) is 2. The molecule has 0 radical (unpaired) electrons. The Balaban J connectivity index is 2.17. The van der Waals surface area contributed by atoms with Gasteiger partial charge in [0, 0.05) is 12.2 Å². The molecule has 21 heavy (non-hydrogen) atoms. The molecule has 0 fully saturated rings. The van der Waals surface area contributed by atoms with Crippen molar-refractivity contribution in [3.8, 4) is 5.75 Å². The second kappa shape index (κ2) is 7.29. The average Bonchev–Trinajstić information content (AvgIpc) is 2.53. The van der Waals surface area contributed by atoms with Crippen LogP contribution in [0.25, 0.3) is 0 Å². The summed E-state index contributed by atoms with van der Waals surface area (Å²) >= 11 is 0. The average molecular weight is 281 g/mol. The van der Waals surface area contributed by atoms with Gasteiger partial charge in [-0.3, -0.25) is 4.79 Å². The number of para-hydroxylation sites is 1. The summed E-state index contributed by atoms with van der Waals surface area (Å²) in [7, 11) is 1.62. The van der Waals surface area contributed by atoms with Gasteiger partial charge in [0.1, 0.15) is 5.75 Å². The molecule has 1 amide bonds. The summed E-state index contributed by atoms with van der Waals surface area (Å²) in [5, 5.41) is 0. The van der Waals surface area contributed by atoms with Crippen molar-refractivity contribution >= 4 is 11.6 Å². The molecule has 0 bridgehead atoms. The molecular formula is C18H19NO2. The SMILES string of the molecule is C=CCN(C(=O)Cc1cccc(OC)c1)c1ccccc1. The Morgan fingerprint density at radius 1 is 1.19 bits per heavy atom. The molecule has 2 rings (SSSR count). The maximum Gasteiger partial charge on any atom is 0.231 e. The minimum absolute atomic E-state index is 0.0364. The predicted molar refractivity (Wildman–Crippen MR) is 85.7 cm³/mol. The zero-order valence-electron chi connectivity index (χ0n) is 12.2. The minimum Gasteiger partial charge on any atom is -0.497 e. The Morgan fingerprint density at radius 2 is 1.95 bits per heavy atom. The second-order valence-electron chi connectivity index (χ2n) is 4.66. The number of amides is 1. The monoisotopic (exact) mass is 281 g/mol. The van der Waals surface area contributed by atoms with E-state index in [0.717, 1.165) is 17.0 Å². The number of nitrogens with zero attached hydrogens (tertiary/aromatic N) is 1. The van der Waals surface area contributed by atoms with E-state index in [1.165, 1.54) is 0 Å². The molecule has 0 N–H and O–H groups in total. The fourth-order valence-electron chi connectivity index (χ4n) is 2.14. The van der Waals surface area contributed by atoms with Crippen LogP contribution in [-0.4, -0.2) is 19.6 Å². The second-order valence-corrected chi connectivity index (χ2v) is 4.66. The number of hydrogen-bond donors (Lipinski definition) is 0. The predicted octanol–water partition coefficient (Wildman–Crippen LogP) is 3.46. The molecule has 0 aliphatic heterocycles. The lowest BCUT2D eigenvalue weighted by Gasteiger charge is -2.21. The number of methoxy groups -OCH3 is 1. The van der Waals surface area contributed by atoms with Crippen LogP contribution in [0.2, 0.25) is 0 Å². The molecule has 0 unspecified atom stereocenters. The highest BCUT2D eigenvalue weighted by Gasteiger charge is 2.14.